The summed E-state index contributed by atoms with van der Waals surface area (Å²) in [6.07, 6.45) is 2.67. The highest BCUT2D eigenvalue weighted by atomic mass is 32.1. The predicted molar refractivity (Wildman–Crippen MR) is 76.1 cm³/mol. The number of ether oxygens (including phenoxy) is 1. The minimum absolute atomic E-state index is 0.343. The van der Waals surface area contributed by atoms with Crippen molar-refractivity contribution in [3.8, 4) is 0 Å². The first kappa shape index (κ1) is 13.4. The number of thiophene rings is 1. The lowest BCUT2D eigenvalue weighted by molar-refractivity contribution is 0.114. The first-order valence-corrected chi connectivity index (χ1v) is 7.42. The standard InChI is InChI=1S/C13H21N3OS/c1-2-14-13(15-9-11-5-3-7-17-11)16-10-12-6-4-8-18-12/h4,6,8,11H,2-3,5,7,9-10H2,1H3,(H2,14,15,16). The second-order valence-electron chi connectivity index (χ2n) is 4.29. The Morgan fingerprint density at radius 2 is 2.50 bits per heavy atom. The highest BCUT2D eigenvalue weighted by Gasteiger charge is 2.15. The Morgan fingerprint density at radius 1 is 1.56 bits per heavy atom. The smallest absolute Gasteiger partial charge is 0.191 e. The average molecular weight is 267 g/mol. The largest absolute Gasteiger partial charge is 0.376 e. The van der Waals surface area contributed by atoms with E-state index >= 15 is 0 Å². The zero-order valence-electron chi connectivity index (χ0n) is 10.8. The van der Waals surface area contributed by atoms with Crippen molar-refractivity contribution in [2.75, 3.05) is 19.7 Å². The van der Waals surface area contributed by atoms with Crippen LogP contribution in [0.15, 0.2) is 22.5 Å². The van der Waals surface area contributed by atoms with E-state index in [1.165, 1.54) is 11.3 Å². The van der Waals surface area contributed by atoms with Gasteiger partial charge in [-0.05, 0) is 31.2 Å². The fraction of sp³-hybridized carbons (Fsp3) is 0.615. The van der Waals surface area contributed by atoms with Crippen molar-refractivity contribution < 1.29 is 4.74 Å². The van der Waals surface area contributed by atoms with E-state index < -0.39 is 0 Å². The van der Waals surface area contributed by atoms with E-state index in [0.29, 0.717) is 6.10 Å². The molecule has 1 aromatic rings. The quantitative estimate of drug-likeness (QED) is 0.633. The molecule has 0 aliphatic carbocycles. The lowest BCUT2D eigenvalue weighted by Crippen LogP contribution is -2.41. The molecule has 0 spiro atoms. The summed E-state index contributed by atoms with van der Waals surface area (Å²) in [6.45, 7) is 5.43. The number of nitrogens with zero attached hydrogens (tertiary/aromatic N) is 1. The molecule has 1 unspecified atom stereocenters. The maximum Gasteiger partial charge on any atom is 0.191 e. The molecule has 0 amide bonds. The van der Waals surface area contributed by atoms with Crippen LogP contribution in [-0.2, 0) is 11.3 Å². The molecule has 5 heteroatoms. The number of guanidine groups is 1. The second kappa shape index (κ2) is 7.38. The molecule has 0 aromatic carbocycles. The SMILES string of the molecule is CCNC(=NCc1cccs1)NCC1CCCO1. The molecule has 2 heterocycles. The molecule has 4 nitrogen and oxygen atoms in total. The molecule has 1 aliphatic rings. The maximum atomic E-state index is 5.59. The van der Waals surface area contributed by atoms with Crippen LogP contribution >= 0.6 is 11.3 Å². The molecule has 100 valence electrons. The Balaban J connectivity index is 1.80. The van der Waals surface area contributed by atoms with Crippen LogP contribution in [0.1, 0.15) is 24.6 Å². The van der Waals surface area contributed by atoms with Crippen LogP contribution in [0.25, 0.3) is 0 Å². The van der Waals surface area contributed by atoms with E-state index in [2.05, 4.69) is 40.1 Å². The van der Waals surface area contributed by atoms with Crippen LogP contribution in [0.4, 0.5) is 0 Å². The van der Waals surface area contributed by atoms with Gasteiger partial charge in [0, 0.05) is 24.6 Å². The fourth-order valence-corrected chi connectivity index (χ4v) is 2.55. The summed E-state index contributed by atoms with van der Waals surface area (Å²) in [4.78, 5) is 5.85. The molecule has 0 radical (unpaired) electrons. The van der Waals surface area contributed by atoms with Crippen molar-refractivity contribution in [2.45, 2.75) is 32.4 Å². The van der Waals surface area contributed by atoms with Gasteiger partial charge in [0.15, 0.2) is 5.96 Å². The van der Waals surface area contributed by atoms with Crippen LogP contribution in [0, 0.1) is 0 Å². The topological polar surface area (TPSA) is 45.7 Å². The Hall–Kier alpha value is -1.07. The van der Waals surface area contributed by atoms with Gasteiger partial charge in [-0.2, -0.15) is 0 Å². The third-order valence-corrected chi connectivity index (χ3v) is 3.70. The molecule has 1 fully saturated rings. The lowest BCUT2D eigenvalue weighted by atomic mass is 10.2. The molecular weight excluding hydrogens is 246 g/mol. The Kier molecular flexibility index (Phi) is 5.48. The summed E-state index contributed by atoms with van der Waals surface area (Å²) < 4.78 is 5.59. The second-order valence-corrected chi connectivity index (χ2v) is 5.32. The molecule has 1 aromatic heterocycles. The van der Waals surface area contributed by atoms with Crippen molar-refractivity contribution in [1.82, 2.24) is 10.6 Å². The minimum atomic E-state index is 0.343. The third-order valence-electron chi connectivity index (χ3n) is 2.84. The average Bonchev–Trinajstić information content (AvgIpc) is 3.05. The van der Waals surface area contributed by atoms with Crippen molar-refractivity contribution in [3.63, 3.8) is 0 Å². The molecule has 2 rings (SSSR count). The van der Waals surface area contributed by atoms with Gasteiger partial charge < -0.3 is 15.4 Å². The highest BCUT2D eigenvalue weighted by Crippen LogP contribution is 2.11. The normalized spacial score (nSPS) is 20.1. The molecule has 0 bridgehead atoms. The summed E-state index contributed by atoms with van der Waals surface area (Å²) >= 11 is 1.74. The molecule has 18 heavy (non-hydrogen) atoms. The Bertz CT molecular complexity index is 358. The number of rotatable bonds is 5. The van der Waals surface area contributed by atoms with Gasteiger partial charge in [-0.3, -0.25) is 0 Å². The zero-order chi connectivity index (χ0) is 12.6. The van der Waals surface area contributed by atoms with Crippen LogP contribution in [-0.4, -0.2) is 31.8 Å². The Morgan fingerprint density at radius 3 is 3.17 bits per heavy atom. The van der Waals surface area contributed by atoms with Gasteiger partial charge in [0.2, 0.25) is 0 Å². The van der Waals surface area contributed by atoms with Crippen LogP contribution in [0.3, 0.4) is 0 Å². The number of nitrogens with one attached hydrogen (secondary N) is 2. The van der Waals surface area contributed by atoms with Crippen molar-refractivity contribution in [1.29, 1.82) is 0 Å². The van der Waals surface area contributed by atoms with E-state index in [9.17, 15) is 0 Å². The summed E-state index contributed by atoms with van der Waals surface area (Å²) in [5.74, 6) is 0.876. The van der Waals surface area contributed by atoms with E-state index in [1.54, 1.807) is 11.3 Å². The van der Waals surface area contributed by atoms with Crippen molar-refractivity contribution >= 4 is 17.3 Å². The van der Waals surface area contributed by atoms with Gasteiger partial charge >= 0.3 is 0 Å². The lowest BCUT2D eigenvalue weighted by Gasteiger charge is -2.14. The van der Waals surface area contributed by atoms with Crippen molar-refractivity contribution in [3.05, 3.63) is 22.4 Å². The fourth-order valence-electron chi connectivity index (χ4n) is 1.92. The molecule has 1 saturated heterocycles. The van der Waals surface area contributed by atoms with Gasteiger partial charge in [0.05, 0.1) is 12.6 Å². The molecular formula is C13H21N3OS. The van der Waals surface area contributed by atoms with Gasteiger partial charge in [-0.15, -0.1) is 11.3 Å². The van der Waals surface area contributed by atoms with Gasteiger partial charge in [0.25, 0.3) is 0 Å². The third kappa shape index (κ3) is 4.31. The predicted octanol–water partition coefficient (Wildman–Crippen LogP) is 1.98. The first-order valence-electron chi connectivity index (χ1n) is 6.54. The van der Waals surface area contributed by atoms with Crippen LogP contribution in [0.2, 0.25) is 0 Å². The van der Waals surface area contributed by atoms with Gasteiger partial charge in [-0.25, -0.2) is 4.99 Å². The molecule has 1 atom stereocenters. The van der Waals surface area contributed by atoms with E-state index in [-0.39, 0.29) is 0 Å². The van der Waals surface area contributed by atoms with Gasteiger partial charge in [0.1, 0.15) is 0 Å². The summed E-state index contributed by atoms with van der Waals surface area (Å²) in [7, 11) is 0. The van der Waals surface area contributed by atoms with E-state index in [4.69, 9.17) is 4.74 Å². The molecule has 0 saturated carbocycles. The highest BCUT2D eigenvalue weighted by molar-refractivity contribution is 7.09. The number of hydrogen-bond acceptors (Lipinski definition) is 3. The van der Waals surface area contributed by atoms with Crippen LogP contribution in [0.5, 0.6) is 0 Å². The van der Waals surface area contributed by atoms with E-state index in [1.807, 2.05) is 0 Å². The molecule has 2 N–H and O–H groups in total. The molecule has 1 aliphatic heterocycles. The van der Waals surface area contributed by atoms with Crippen molar-refractivity contribution in [2.24, 2.45) is 4.99 Å². The van der Waals surface area contributed by atoms with Crippen LogP contribution < -0.4 is 10.6 Å². The van der Waals surface area contributed by atoms with Gasteiger partial charge in [-0.1, -0.05) is 6.07 Å². The maximum absolute atomic E-state index is 5.59. The monoisotopic (exact) mass is 267 g/mol. The summed E-state index contributed by atoms with van der Waals surface area (Å²) in [5.41, 5.74) is 0. The minimum Gasteiger partial charge on any atom is -0.376 e. The van der Waals surface area contributed by atoms with E-state index in [0.717, 1.165) is 38.6 Å². The summed E-state index contributed by atoms with van der Waals surface area (Å²) in [5, 5.41) is 8.68. The first-order chi connectivity index (χ1) is 8.88. The number of hydrogen-bond donors (Lipinski definition) is 2. The zero-order valence-corrected chi connectivity index (χ0v) is 11.6. The summed E-state index contributed by atoms with van der Waals surface area (Å²) in [6, 6.07) is 4.17. The number of aliphatic imine (C=N–C) groups is 1. The Labute approximate surface area is 112 Å².